The van der Waals surface area contributed by atoms with Gasteiger partial charge < -0.3 is 5.11 Å². The van der Waals surface area contributed by atoms with Gasteiger partial charge in [-0.3, -0.25) is 0 Å². The van der Waals surface area contributed by atoms with Gasteiger partial charge in [0.2, 0.25) is 0 Å². The van der Waals surface area contributed by atoms with Crippen molar-refractivity contribution in [2.24, 2.45) is 0 Å². The Morgan fingerprint density at radius 3 is 2.94 bits per heavy atom. The molecule has 1 N–H and O–H groups in total. The lowest BCUT2D eigenvalue weighted by atomic mass is 10.1. The van der Waals surface area contributed by atoms with E-state index < -0.39 is 6.10 Å². The highest BCUT2D eigenvalue weighted by Gasteiger charge is 2.11. The molecule has 0 spiro atoms. The summed E-state index contributed by atoms with van der Waals surface area (Å²) in [4.78, 5) is 4.14. The van der Waals surface area contributed by atoms with Gasteiger partial charge in [0.05, 0.1) is 16.1 Å². The fraction of sp³-hybridized carbons (Fsp3) is 0.182. The number of aromatic nitrogens is 1. The second kappa shape index (κ2) is 5.27. The van der Waals surface area contributed by atoms with Gasteiger partial charge in [0, 0.05) is 22.5 Å². The minimum atomic E-state index is -0.559. The molecule has 1 aromatic carbocycles. The highest BCUT2D eigenvalue weighted by molar-refractivity contribution is 9.10. The Morgan fingerprint density at radius 2 is 2.31 bits per heavy atom. The first-order valence-corrected chi connectivity index (χ1v) is 6.73. The van der Waals surface area contributed by atoms with E-state index in [0.29, 0.717) is 11.4 Å². The maximum Gasteiger partial charge on any atom is 0.0954 e. The second-order valence-electron chi connectivity index (χ2n) is 3.32. The minimum Gasteiger partial charge on any atom is -0.388 e. The number of aliphatic hydroxyl groups is 1. The SMILES string of the molecule is OC(Cc1nccs1)c1ccc(Br)c(Cl)c1. The van der Waals surface area contributed by atoms with Crippen molar-refractivity contribution in [1.29, 1.82) is 0 Å². The van der Waals surface area contributed by atoms with E-state index in [9.17, 15) is 5.11 Å². The number of rotatable bonds is 3. The first kappa shape index (κ1) is 12.0. The van der Waals surface area contributed by atoms with Crippen molar-refractivity contribution >= 4 is 38.9 Å². The van der Waals surface area contributed by atoms with Crippen molar-refractivity contribution in [3.8, 4) is 0 Å². The number of halogens is 2. The number of nitrogens with zero attached hydrogens (tertiary/aromatic N) is 1. The highest BCUT2D eigenvalue weighted by Crippen LogP contribution is 2.27. The van der Waals surface area contributed by atoms with Gasteiger partial charge >= 0.3 is 0 Å². The summed E-state index contributed by atoms with van der Waals surface area (Å²) >= 11 is 10.8. The molecule has 1 heterocycles. The van der Waals surface area contributed by atoms with Crippen LogP contribution in [0.3, 0.4) is 0 Å². The summed E-state index contributed by atoms with van der Waals surface area (Å²) in [6.45, 7) is 0. The van der Waals surface area contributed by atoms with Crippen molar-refractivity contribution < 1.29 is 5.11 Å². The molecule has 1 unspecified atom stereocenters. The van der Waals surface area contributed by atoms with Gasteiger partial charge in [-0.05, 0) is 33.6 Å². The van der Waals surface area contributed by atoms with Crippen molar-refractivity contribution in [3.63, 3.8) is 0 Å². The molecule has 2 nitrogen and oxygen atoms in total. The highest BCUT2D eigenvalue weighted by atomic mass is 79.9. The Morgan fingerprint density at radius 1 is 1.50 bits per heavy atom. The fourth-order valence-electron chi connectivity index (χ4n) is 1.36. The molecule has 0 saturated heterocycles. The maximum atomic E-state index is 10.0. The van der Waals surface area contributed by atoms with Crippen LogP contribution in [0.4, 0.5) is 0 Å². The van der Waals surface area contributed by atoms with E-state index in [-0.39, 0.29) is 0 Å². The van der Waals surface area contributed by atoms with E-state index in [1.165, 1.54) is 11.3 Å². The Hall–Kier alpha value is -0.420. The number of hydrogen-bond donors (Lipinski definition) is 1. The lowest BCUT2D eigenvalue weighted by Gasteiger charge is -2.10. The molecule has 84 valence electrons. The minimum absolute atomic E-state index is 0.523. The van der Waals surface area contributed by atoms with E-state index in [0.717, 1.165) is 15.0 Å². The lowest BCUT2D eigenvalue weighted by Crippen LogP contribution is -2.01. The van der Waals surface area contributed by atoms with Crippen LogP contribution in [0.25, 0.3) is 0 Å². The number of benzene rings is 1. The zero-order chi connectivity index (χ0) is 11.5. The van der Waals surface area contributed by atoms with Crippen LogP contribution >= 0.6 is 38.9 Å². The zero-order valence-corrected chi connectivity index (χ0v) is 11.4. The number of thiazole rings is 1. The van der Waals surface area contributed by atoms with Crippen molar-refractivity contribution in [2.45, 2.75) is 12.5 Å². The molecule has 0 radical (unpaired) electrons. The molecule has 16 heavy (non-hydrogen) atoms. The monoisotopic (exact) mass is 317 g/mol. The van der Waals surface area contributed by atoms with Gasteiger partial charge in [0.25, 0.3) is 0 Å². The third-order valence-corrected chi connectivity index (χ3v) is 4.21. The summed E-state index contributed by atoms with van der Waals surface area (Å²) < 4.78 is 0.833. The van der Waals surface area contributed by atoms with E-state index in [2.05, 4.69) is 20.9 Å². The molecule has 0 amide bonds. The largest absolute Gasteiger partial charge is 0.388 e. The van der Waals surface area contributed by atoms with Crippen LogP contribution < -0.4 is 0 Å². The van der Waals surface area contributed by atoms with Crippen LogP contribution in [-0.4, -0.2) is 10.1 Å². The fourth-order valence-corrected chi connectivity index (χ4v) is 2.45. The molecule has 5 heteroatoms. The van der Waals surface area contributed by atoms with E-state index in [1.54, 1.807) is 12.3 Å². The van der Waals surface area contributed by atoms with E-state index >= 15 is 0 Å². The van der Waals surface area contributed by atoms with Crippen LogP contribution in [0.15, 0.2) is 34.2 Å². The standard InChI is InChI=1S/C11H9BrClNOS/c12-8-2-1-7(5-9(8)13)10(15)6-11-14-3-4-16-11/h1-5,10,15H,6H2. The summed E-state index contributed by atoms with van der Waals surface area (Å²) in [5.41, 5.74) is 0.809. The average molecular weight is 319 g/mol. The molecule has 0 aliphatic heterocycles. The molecule has 1 atom stereocenters. The molecular formula is C11H9BrClNOS. The molecule has 1 aromatic heterocycles. The number of hydrogen-bond acceptors (Lipinski definition) is 3. The molecule has 2 aromatic rings. The van der Waals surface area contributed by atoms with Crippen LogP contribution in [0.5, 0.6) is 0 Å². The summed E-state index contributed by atoms with van der Waals surface area (Å²) in [7, 11) is 0. The van der Waals surface area contributed by atoms with Gasteiger partial charge in [-0.1, -0.05) is 17.7 Å². The Labute approximate surface area is 111 Å². The smallest absolute Gasteiger partial charge is 0.0954 e. The van der Waals surface area contributed by atoms with Crippen LogP contribution in [0, 0.1) is 0 Å². The molecule has 2 rings (SSSR count). The van der Waals surface area contributed by atoms with Gasteiger partial charge in [0.1, 0.15) is 0 Å². The van der Waals surface area contributed by atoms with Crippen LogP contribution in [0.1, 0.15) is 16.7 Å². The maximum absolute atomic E-state index is 10.0. The molecule has 0 fully saturated rings. The summed E-state index contributed by atoms with van der Waals surface area (Å²) in [6.07, 6.45) is 1.70. The van der Waals surface area contributed by atoms with Crippen LogP contribution in [-0.2, 0) is 6.42 Å². The normalized spacial score (nSPS) is 12.7. The average Bonchev–Trinajstić information content (AvgIpc) is 2.74. The lowest BCUT2D eigenvalue weighted by molar-refractivity contribution is 0.178. The topological polar surface area (TPSA) is 33.1 Å². The summed E-state index contributed by atoms with van der Waals surface area (Å²) in [5, 5.41) is 13.4. The van der Waals surface area contributed by atoms with Crippen molar-refractivity contribution in [2.75, 3.05) is 0 Å². The molecular weight excluding hydrogens is 310 g/mol. The molecule has 0 bridgehead atoms. The first-order chi connectivity index (χ1) is 7.66. The van der Waals surface area contributed by atoms with E-state index in [1.807, 2.05) is 17.5 Å². The molecule has 0 aliphatic rings. The predicted octanol–water partition coefficient (Wildman–Crippen LogP) is 3.84. The number of aliphatic hydroxyl groups excluding tert-OH is 1. The Kier molecular flexibility index (Phi) is 3.97. The zero-order valence-electron chi connectivity index (χ0n) is 8.23. The first-order valence-electron chi connectivity index (χ1n) is 4.68. The second-order valence-corrected chi connectivity index (χ2v) is 5.56. The summed E-state index contributed by atoms with van der Waals surface area (Å²) in [6, 6.07) is 5.46. The third kappa shape index (κ3) is 2.83. The quantitative estimate of drug-likeness (QED) is 0.933. The molecule has 0 aliphatic carbocycles. The Bertz CT molecular complexity index is 475. The van der Waals surface area contributed by atoms with Gasteiger partial charge in [-0.15, -0.1) is 11.3 Å². The van der Waals surface area contributed by atoms with Crippen molar-refractivity contribution in [3.05, 3.63) is 49.8 Å². The van der Waals surface area contributed by atoms with Gasteiger partial charge in [-0.2, -0.15) is 0 Å². The predicted molar refractivity (Wildman–Crippen MR) is 69.9 cm³/mol. The van der Waals surface area contributed by atoms with Gasteiger partial charge in [-0.25, -0.2) is 4.98 Å². The third-order valence-electron chi connectivity index (χ3n) is 2.18. The Balaban J connectivity index is 2.14. The summed E-state index contributed by atoms with van der Waals surface area (Å²) in [5.74, 6) is 0. The van der Waals surface area contributed by atoms with Gasteiger partial charge in [0.15, 0.2) is 0 Å². The van der Waals surface area contributed by atoms with Crippen LogP contribution in [0.2, 0.25) is 5.02 Å². The molecule has 0 saturated carbocycles. The van der Waals surface area contributed by atoms with Crippen molar-refractivity contribution in [1.82, 2.24) is 4.98 Å². The van der Waals surface area contributed by atoms with E-state index in [4.69, 9.17) is 11.6 Å².